The molecule has 0 amide bonds. The van der Waals surface area contributed by atoms with Crippen LogP contribution in [0.4, 0.5) is 5.82 Å². The fourth-order valence-corrected chi connectivity index (χ4v) is 1.84. The number of tetrazole rings is 1. The maximum absolute atomic E-state index is 6.06. The number of hydrogen-bond acceptors (Lipinski definition) is 6. The molecular formula is C11H19N7. The number of aromatic nitrogens is 5. The van der Waals surface area contributed by atoms with Crippen LogP contribution in [-0.2, 0) is 0 Å². The zero-order chi connectivity index (χ0) is 13.2. The van der Waals surface area contributed by atoms with Crippen LogP contribution in [0.25, 0.3) is 5.65 Å². The van der Waals surface area contributed by atoms with E-state index in [1.54, 1.807) is 0 Å². The van der Waals surface area contributed by atoms with Gasteiger partial charge in [0.05, 0.1) is 0 Å². The molecule has 2 heterocycles. The lowest BCUT2D eigenvalue weighted by atomic mass is 9.88. The molecule has 0 saturated carbocycles. The molecule has 1 unspecified atom stereocenters. The standard InChI is InChI=1S/C11H19N7/c1-11(2,3)6-8(12)7-13-9-4-5-10-14-16-17-18(10)15-9/h4-5,8H,6-7,12H2,1-3H3,(H,13,15). The van der Waals surface area contributed by atoms with Gasteiger partial charge in [0.25, 0.3) is 0 Å². The van der Waals surface area contributed by atoms with Crippen LogP contribution in [0.15, 0.2) is 12.1 Å². The van der Waals surface area contributed by atoms with E-state index in [-0.39, 0.29) is 11.5 Å². The van der Waals surface area contributed by atoms with E-state index in [0.29, 0.717) is 12.2 Å². The van der Waals surface area contributed by atoms with Gasteiger partial charge < -0.3 is 11.1 Å². The molecule has 7 nitrogen and oxygen atoms in total. The van der Waals surface area contributed by atoms with Gasteiger partial charge in [-0.15, -0.1) is 14.8 Å². The minimum atomic E-state index is 0.0939. The molecule has 7 heteroatoms. The van der Waals surface area contributed by atoms with E-state index in [1.165, 1.54) is 4.63 Å². The first kappa shape index (κ1) is 12.7. The monoisotopic (exact) mass is 249 g/mol. The molecule has 0 saturated heterocycles. The van der Waals surface area contributed by atoms with Crippen molar-refractivity contribution in [3.05, 3.63) is 12.1 Å². The molecule has 0 radical (unpaired) electrons. The third kappa shape index (κ3) is 3.36. The molecule has 1 atom stereocenters. The molecule has 0 aromatic carbocycles. The Bertz CT molecular complexity index is 513. The quantitative estimate of drug-likeness (QED) is 0.828. The zero-order valence-electron chi connectivity index (χ0n) is 11.0. The second kappa shape index (κ2) is 4.85. The summed E-state index contributed by atoms with van der Waals surface area (Å²) < 4.78 is 1.39. The van der Waals surface area contributed by atoms with Crippen LogP contribution in [0, 0.1) is 5.41 Å². The molecule has 18 heavy (non-hydrogen) atoms. The van der Waals surface area contributed by atoms with Gasteiger partial charge >= 0.3 is 0 Å². The number of rotatable bonds is 4. The Morgan fingerprint density at radius 1 is 1.39 bits per heavy atom. The summed E-state index contributed by atoms with van der Waals surface area (Å²) in [6, 6.07) is 3.75. The fraction of sp³-hybridized carbons (Fsp3) is 0.636. The highest BCUT2D eigenvalue weighted by Crippen LogP contribution is 2.19. The first-order valence-corrected chi connectivity index (χ1v) is 5.99. The summed E-state index contributed by atoms with van der Waals surface area (Å²) in [5, 5.41) is 18.5. The van der Waals surface area contributed by atoms with E-state index < -0.39 is 0 Å². The van der Waals surface area contributed by atoms with Crippen LogP contribution in [-0.4, -0.2) is 37.8 Å². The molecule has 0 aliphatic rings. The molecule has 0 aliphatic carbocycles. The average molecular weight is 249 g/mol. The molecule has 3 N–H and O–H groups in total. The number of nitrogens with one attached hydrogen (secondary N) is 1. The Labute approximate surface area is 106 Å². The smallest absolute Gasteiger partial charge is 0.200 e. The van der Waals surface area contributed by atoms with E-state index in [4.69, 9.17) is 5.73 Å². The molecule has 0 spiro atoms. The highest BCUT2D eigenvalue weighted by atomic mass is 15.6. The number of fused-ring (bicyclic) bond motifs is 1. The van der Waals surface area contributed by atoms with Crippen molar-refractivity contribution in [2.75, 3.05) is 11.9 Å². The summed E-state index contributed by atoms with van der Waals surface area (Å²) >= 11 is 0. The van der Waals surface area contributed by atoms with E-state index in [0.717, 1.165) is 12.2 Å². The van der Waals surface area contributed by atoms with Gasteiger partial charge in [-0.25, -0.2) is 0 Å². The minimum Gasteiger partial charge on any atom is -0.367 e. The molecule has 0 fully saturated rings. The van der Waals surface area contributed by atoms with Gasteiger partial charge in [-0.05, 0) is 34.4 Å². The summed E-state index contributed by atoms with van der Waals surface area (Å²) in [6.45, 7) is 7.21. The second-order valence-electron chi connectivity index (χ2n) is 5.65. The van der Waals surface area contributed by atoms with E-state index >= 15 is 0 Å². The molecule has 0 aliphatic heterocycles. The molecule has 2 aromatic rings. The highest BCUT2D eigenvalue weighted by Gasteiger charge is 2.15. The van der Waals surface area contributed by atoms with Gasteiger partial charge in [0.2, 0.25) is 0 Å². The van der Waals surface area contributed by atoms with Crippen molar-refractivity contribution < 1.29 is 0 Å². The van der Waals surface area contributed by atoms with Crippen LogP contribution in [0.3, 0.4) is 0 Å². The largest absolute Gasteiger partial charge is 0.367 e. The Morgan fingerprint density at radius 3 is 2.89 bits per heavy atom. The summed E-state index contributed by atoms with van der Waals surface area (Å²) in [4.78, 5) is 0. The van der Waals surface area contributed by atoms with E-state index in [9.17, 15) is 0 Å². The number of hydrogen-bond donors (Lipinski definition) is 2. The van der Waals surface area contributed by atoms with Crippen LogP contribution in [0.2, 0.25) is 0 Å². The van der Waals surface area contributed by atoms with Crippen molar-refractivity contribution in [1.29, 1.82) is 0 Å². The average Bonchev–Trinajstić information content (AvgIpc) is 2.71. The Hall–Kier alpha value is -1.76. The molecular weight excluding hydrogens is 230 g/mol. The topological polar surface area (TPSA) is 94.0 Å². The van der Waals surface area contributed by atoms with E-state index in [2.05, 4.69) is 46.7 Å². The van der Waals surface area contributed by atoms with Gasteiger partial charge in [-0.1, -0.05) is 20.8 Å². The normalized spacial score (nSPS) is 13.8. The molecule has 2 aromatic heterocycles. The third-order valence-electron chi connectivity index (χ3n) is 2.49. The Kier molecular flexibility index (Phi) is 3.42. The van der Waals surface area contributed by atoms with Gasteiger partial charge in [-0.3, -0.25) is 0 Å². The van der Waals surface area contributed by atoms with Crippen molar-refractivity contribution in [2.24, 2.45) is 11.1 Å². The van der Waals surface area contributed by atoms with Gasteiger partial charge in [-0.2, -0.15) is 0 Å². The first-order chi connectivity index (χ1) is 8.44. The molecule has 98 valence electrons. The van der Waals surface area contributed by atoms with Gasteiger partial charge in [0.15, 0.2) is 5.65 Å². The lowest BCUT2D eigenvalue weighted by Gasteiger charge is -2.23. The minimum absolute atomic E-state index is 0.0939. The number of nitrogens with zero attached hydrogens (tertiary/aromatic N) is 5. The lowest BCUT2D eigenvalue weighted by molar-refractivity contribution is 0.344. The Morgan fingerprint density at radius 2 is 2.17 bits per heavy atom. The Balaban J connectivity index is 1.93. The highest BCUT2D eigenvalue weighted by molar-refractivity contribution is 5.42. The summed E-state index contributed by atoms with van der Waals surface area (Å²) in [6.07, 6.45) is 0.952. The van der Waals surface area contributed by atoms with Crippen LogP contribution in [0.5, 0.6) is 0 Å². The second-order valence-corrected chi connectivity index (χ2v) is 5.65. The van der Waals surface area contributed by atoms with Crippen LogP contribution >= 0.6 is 0 Å². The summed E-state index contributed by atoms with van der Waals surface area (Å²) in [5.74, 6) is 0.721. The molecule has 2 rings (SSSR count). The maximum atomic E-state index is 6.06. The fourth-order valence-electron chi connectivity index (χ4n) is 1.84. The van der Waals surface area contributed by atoms with Crippen molar-refractivity contribution in [3.63, 3.8) is 0 Å². The first-order valence-electron chi connectivity index (χ1n) is 5.99. The number of nitrogens with two attached hydrogens (primary N) is 1. The summed E-state index contributed by atoms with van der Waals surface area (Å²) in [7, 11) is 0. The lowest BCUT2D eigenvalue weighted by Crippen LogP contribution is -2.33. The SMILES string of the molecule is CC(C)(C)CC(N)CNc1ccc2nnnn2n1. The van der Waals surface area contributed by atoms with Crippen molar-refractivity contribution in [2.45, 2.75) is 33.2 Å². The van der Waals surface area contributed by atoms with Crippen molar-refractivity contribution in [1.82, 2.24) is 25.3 Å². The molecule has 0 bridgehead atoms. The van der Waals surface area contributed by atoms with Crippen LogP contribution < -0.4 is 11.1 Å². The summed E-state index contributed by atoms with van der Waals surface area (Å²) in [5.41, 5.74) is 6.92. The predicted molar refractivity (Wildman–Crippen MR) is 69.1 cm³/mol. The maximum Gasteiger partial charge on any atom is 0.200 e. The number of anilines is 1. The van der Waals surface area contributed by atoms with Gasteiger partial charge in [0.1, 0.15) is 5.82 Å². The van der Waals surface area contributed by atoms with Gasteiger partial charge in [0, 0.05) is 12.6 Å². The van der Waals surface area contributed by atoms with E-state index in [1.807, 2.05) is 12.1 Å². The van der Waals surface area contributed by atoms with Crippen LogP contribution in [0.1, 0.15) is 27.2 Å². The third-order valence-corrected chi connectivity index (χ3v) is 2.49. The van der Waals surface area contributed by atoms with Crippen molar-refractivity contribution in [3.8, 4) is 0 Å². The van der Waals surface area contributed by atoms with Crippen molar-refractivity contribution >= 4 is 11.5 Å². The zero-order valence-corrected chi connectivity index (χ0v) is 11.0. The predicted octanol–water partition coefficient (Wildman–Crippen LogP) is 0.695.